The van der Waals surface area contributed by atoms with Crippen molar-refractivity contribution in [1.29, 1.82) is 0 Å². The Balaban J connectivity index is 3.19. The van der Waals surface area contributed by atoms with E-state index in [1.54, 1.807) is 0 Å². The van der Waals surface area contributed by atoms with Crippen LogP contribution in [-0.2, 0) is 4.74 Å². The highest BCUT2D eigenvalue weighted by Crippen LogP contribution is 2.33. The van der Waals surface area contributed by atoms with Crippen LogP contribution in [0.25, 0.3) is 0 Å². The monoisotopic (exact) mass is 292 g/mol. The molecule has 0 amide bonds. The van der Waals surface area contributed by atoms with Crippen molar-refractivity contribution in [2.75, 3.05) is 38.3 Å². The fraction of sp³-hybridized carbons (Fsp3) is 0.455. The number of anilines is 1. The van der Waals surface area contributed by atoms with Crippen molar-refractivity contribution in [2.24, 2.45) is 0 Å². The standard InChI is InChI=1S/C11H14ClFN2O4/c1-19-5-3-14(2-4-16)10-6-8(12)9(13)7-11(10)15(17)18/h6-7,16H,2-5H2,1H3. The summed E-state index contributed by atoms with van der Waals surface area (Å²) in [5.74, 6) is -0.854. The molecule has 0 unspecified atom stereocenters. The van der Waals surface area contributed by atoms with Crippen molar-refractivity contribution in [3.63, 3.8) is 0 Å². The number of halogens is 2. The molecule has 0 saturated heterocycles. The number of nitro benzene ring substituents is 1. The molecule has 6 nitrogen and oxygen atoms in total. The first-order valence-corrected chi connectivity index (χ1v) is 5.87. The Kier molecular flexibility index (Phi) is 5.94. The molecule has 1 aromatic rings. The highest BCUT2D eigenvalue weighted by Gasteiger charge is 2.22. The summed E-state index contributed by atoms with van der Waals surface area (Å²) < 4.78 is 18.2. The number of aliphatic hydroxyl groups is 1. The molecule has 0 atom stereocenters. The Morgan fingerprint density at radius 2 is 2.21 bits per heavy atom. The van der Waals surface area contributed by atoms with Gasteiger partial charge in [-0.25, -0.2) is 4.39 Å². The van der Waals surface area contributed by atoms with Crippen molar-refractivity contribution in [1.82, 2.24) is 0 Å². The lowest BCUT2D eigenvalue weighted by Crippen LogP contribution is -2.30. The summed E-state index contributed by atoms with van der Waals surface area (Å²) in [6.45, 7) is 0.591. The molecule has 0 aliphatic rings. The van der Waals surface area contributed by atoms with Crippen LogP contribution in [0.15, 0.2) is 12.1 Å². The molecule has 19 heavy (non-hydrogen) atoms. The molecule has 0 saturated carbocycles. The second kappa shape index (κ2) is 7.22. The van der Waals surface area contributed by atoms with Crippen molar-refractivity contribution in [3.8, 4) is 0 Å². The Morgan fingerprint density at radius 3 is 2.74 bits per heavy atom. The number of hydrogen-bond acceptors (Lipinski definition) is 5. The smallest absolute Gasteiger partial charge is 0.295 e. The molecule has 0 bridgehead atoms. The molecule has 0 spiro atoms. The van der Waals surface area contributed by atoms with E-state index in [0.29, 0.717) is 13.2 Å². The van der Waals surface area contributed by atoms with Crippen LogP contribution >= 0.6 is 11.6 Å². The molecule has 0 aromatic heterocycles. The zero-order chi connectivity index (χ0) is 14.4. The van der Waals surface area contributed by atoms with Gasteiger partial charge < -0.3 is 14.7 Å². The quantitative estimate of drug-likeness (QED) is 0.613. The van der Waals surface area contributed by atoms with Crippen LogP contribution in [0.4, 0.5) is 15.8 Å². The lowest BCUT2D eigenvalue weighted by atomic mass is 10.2. The summed E-state index contributed by atoms with van der Waals surface area (Å²) in [5.41, 5.74) is -0.242. The molecule has 0 aliphatic heterocycles. The van der Waals surface area contributed by atoms with E-state index in [1.165, 1.54) is 18.1 Å². The van der Waals surface area contributed by atoms with Gasteiger partial charge in [0, 0.05) is 20.2 Å². The minimum Gasteiger partial charge on any atom is -0.395 e. The molecule has 0 fully saturated rings. The first kappa shape index (κ1) is 15.6. The van der Waals surface area contributed by atoms with E-state index in [1.807, 2.05) is 0 Å². The number of nitro groups is 1. The fourth-order valence-electron chi connectivity index (χ4n) is 1.60. The first-order chi connectivity index (χ1) is 9.01. The minimum absolute atomic E-state index is 0.155. The summed E-state index contributed by atoms with van der Waals surface area (Å²) in [6.07, 6.45) is 0. The Labute approximate surface area is 114 Å². The predicted octanol–water partition coefficient (Wildman–Crippen LogP) is 1.83. The molecule has 1 rings (SSSR count). The number of nitrogens with zero attached hydrogens (tertiary/aromatic N) is 2. The Morgan fingerprint density at radius 1 is 1.53 bits per heavy atom. The molecule has 0 heterocycles. The maximum Gasteiger partial charge on any atom is 0.295 e. The van der Waals surface area contributed by atoms with E-state index < -0.39 is 16.4 Å². The SMILES string of the molecule is COCCN(CCO)c1cc(Cl)c(F)cc1[N+](=O)[O-]. The maximum absolute atomic E-state index is 13.3. The minimum atomic E-state index is -0.854. The average Bonchev–Trinajstić information content (AvgIpc) is 2.37. The number of hydrogen-bond donors (Lipinski definition) is 1. The lowest BCUT2D eigenvalue weighted by molar-refractivity contribution is -0.384. The van der Waals surface area contributed by atoms with E-state index in [9.17, 15) is 14.5 Å². The van der Waals surface area contributed by atoms with Crippen LogP contribution in [0.5, 0.6) is 0 Å². The van der Waals surface area contributed by atoms with Gasteiger partial charge in [-0.15, -0.1) is 0 Å². The van der Waals surface area contributed by atoms with Gasteiger partial charge in [0.1, 0.15) is 11.5 Å². The molecule has 0 radical (unpaired) electrons. The molecular formula is C11H14ClFN2O4. The molecular weight excluding hydrogens is 279 g/mol. The normalized spacial score (nSPS) is 10.5. The highest BCUT2D eigenvalue weighted by atomic mass is 35.5. The van der Waals surface area contributed by atoms with Gasteiger partial charge in [0.15, 0.2) is 0 Å². The largest absolute Gasteiger partial charge is 0.395 e. The molecule has 1 aromatic carbocycles. The summed E-state index contributed by atoms with van der Waals surface area (Å²) in [5, 5.41) is 19.7. The number of rotatable bonds is 7. The zero-order valence-electron chi connectivity index (χ0n) is 10.3. The van der Waals surface area contributed by atoms with Gasteiger partial charge >= 0.3 is 0 Å². The van der Waals surface area contributed by atoms with Crippen LogP contribution in [0.3, 0.4) is 0 Å². The summed E-state index contributed by atoms with van der Waals surface area (Å²) >= 11 is 5.65. The molecule has 8 heteroatoms. The predicted molar refractivity (Wildman–Crippen MR) is 69.2 cm³/mol. The van der Waals surface area contributed by atoms with Crippen molar-refractivity contribution in [2.45, 2.75) is 0 Å². The zero-order valence-corrected chi connectivity index (χ0v) is 11.1. The van der Waals surface area contributed by atoms with Crippen LogP contribution < -0.4 is 4.90 Å². The van der Waals surface area contributed by atoms with E-state index in [0.717, 1.165) is 6.07 Å². The molecule has 1 N–H and O–H groups in total. The maximum atomic E-state index is 13.3. The Bertz CT molecular complexity index is 459. The average molecular weight is 293 g/mol. The van der Waals surface area contributed by atoms with Crippen LogP contribution in [0.2, 0.25) is 5.02 Å². The lowest BCUT2D eigenvalue weighted by Gasteiger charge is -2.23. The molecule has 106 valence electrons. The van der Waals surface area contributed by atoms with Gasteiger partial charge in [-0.1, -0.05) is 11.6 Å². The van der Waals surface area contributed by atoms with E-state index in [4.69, 9.17) is 21.4 Å². The summed E-state index contributed by atoms with van der Waals surface area (Å²) in [6, 6.07) is 1.95. The fourth-order valence-corrected chi connectivity index (χ4v) is 1.76. The van der Waals surface area contributed by atoms with Gasteiger partial charge in [0.05, 0.1) is 29.2 Å². The van der Waals surface area contributed by atoms with E-state index in [-0.39, 0.29) is 23.9 Å². The van der Waals surface area contributed by atoms with Gasteiger partial charge in [0.25, 0.3) is 5.69 Å². The summed E-state index contributed by atoms with van der Waals surface area (Å²) in [7, 11) is 1.49. The third kappa shape index (κ3) is 4.02. The highest BCUT2D eigenvalue weighted by molar-refractivity contribution is 6.31. The van der Waals surface area contributed by atoms with Crippen LogP contribution in [0.1, 0.15) is 0 Å². The number of benzene rings is 1. The summed E-state index contributed by atoms with van der Waals surface area (Å²) in [4.78, 5) is 11.8. The van der Waals surface area contributed by atoms with E-state index >= 15 is 0 Å². The van der Waals surface area contributed by atoms with Crippen molar-refractivity contribution < 1.29 is 19.2 Å². The third-order valence-electron chi connectivity index (χ3n) is 2.49. The third-order valence-corrected chi connectivity index (χ3v) is 2.78. The topological polar surface area (TPSA) is 75.8 Å². The van der Waals surface area contributed by atoms with Gasteiger partial charge in [-0.05, 0) is 6.07 Å². The van der Waals surface area contributed by atoms with Crippen molar-refractivity contribution >= 4 is 23.0 Å². The second-order valence-electron chi connectivity index (χ2n) is 3.72. The second-order valence-corrected chi connectivity index (χ2v) is 4.12. The molecule has 0 aliphatic carbocycles. The number of aliphatic hydroxyl groups excluding tert-OH is 1. The number of ether oxygens (including phenoxy) is 1. The van der Waals surface area contributed by atoms with Crippen molar-refractivity contribution in [3.05, 3.63) is 33.1 Å². The van der Waals surface area contributed by atoms with E-state index in [2.05, 4.69) is 0 Å². The van der Waals surface area contributed by atoms with Crippen LogP contribution in [0, 0.1) is 15.9 Å². The van der Waals surface area contributed by atoms with Gasteiger partial charge in [0.2, 0.25) is 0 Å². The first-order valence-electron chi connectivity index (χ1n) is 5.49. The van der Waals surface area contributed by atoms with Gasteiger partial charge in [-0.3, -0.25) is 10.1 Å². The van der Waals surface area contributed by atoms with Crippen LogP contribution in [-0.4, -0.2) is 43.4 Å². The Hall–Kier alpha value is -1.44. The number of methoxy groups -OCH3 is 1. The van der Waals surface area contributed by atoms with Gasteiger partial charge in [-0.2, -0.15) is 0 Å².